The maximum Gasteiger partial charge on any atom is 0.341 e. The highest BCUT2D eigenvalue weighted by atomic mass is 16.5. The number of carboxylic acid groups (broad SMARTS) is 1. The molecule has 2 aromatic rings. The first kappa shape index (κ1) is 13.9. The second-order valence-electron chi connectivity index (χ2n) is 4.05. The molecule has 0 aliphatic heterocycles. The van der Waals surface area contributed by atoms with Crippen LogP contribution in [0.15, 0.2) is 22.7 Å². The fraction of sp³-hybridized carbons (Fsp3) is 0.286. The second kappa shape index (κ2) is 5.64. The number of nitrogens with zero attached hydrogens (tertiary/aromatic N) is 1. The van der Waals surface area contributed by atoms with Gasteiger partial charge in [-0.3, -0.25) is 0 Å². The molecule has 1 aromatic heterocycles. The van der Waals surface area contributed by atoms with Crippen LogP contribution in [-0.4, -0.2) is 30.5 Å². The van der Waals surface area contributed by atoms with Gasteiger partial charge in [0.1, 0.15) is 22.8 Å². The smallest absolute Gasteiger partial charge is 0.341 e. The standard InChI is InChI=1S/C14H15NO5/c1-4-10-12(14(16)17)13(15-20-10)9-7-8(18-2)5-6-11(9)19-3/h5-7H,4H2,1-3H3,(H,16,17). The van der Waals surface area contributed by atoms with Gasteiger partial charge >= 0.3 is 5.97 Å². The Bertz CT molecular complexity index is 632. The van der Waals surface area contributed by atoms with Crippen molar-refractivity contribution in [1.82, 2.24) is 5.16 Å². The van der Waals surface area contributed by atoms with E-state index in [9.17, 15) is 9.90 Å². The van der Waals surface area contributed by atoms with Crippen molar-refractivity contribution in [1.29, 1.82) is 0 Å². The van der Waals surface area contributed by atoms with Crippen LogP contribution in [0.25, 0.3) is 11.3 Å². The third kappa shape index (κ3) is 2.32. The van der Waals surface area contributed by atoms with Crippen molar-refractivity contribution in [3.8, 4) is 22.8 Å². The Kier molecular flexibility index (Phi) is 3.93. The van der Waals surface area contributed by atoms with Gasteiger partial charge in [-0.25, -0.2) is 4.79 Å². The molecule has 0 unspecified atom stereocenters. The molecular formula is C14H15NO5. The molecule has 6 heteroatoms. The molecule has 0 aliphatic carbocycles. The fourth-order valence-electron chi connectivity index (χ4n) is 1.97. The van der Waals surface area contributed by atoms with Crippen LogP contribution in [0.2, 0.25) is 0 Å². The lowest BCUT2D eigenvalue weighted by Gasteiger charge is -2.08. The number of ether oxygens (including phenoxy) is 2. The summed E-state index contributed by atoms with van der Waals surface area (Å²) in [6, 6.07) is 5.09. The van der Waals surface area contributed by atoms with Crippen LogP contribution in [0.4, 0.5) is 0 Å². The first-order chi connectivity index (χ1) is 9.62. The number of carbonyl (C=O) groups is 1. The Labute approximate surface area is 115 Å². The van der Waals surface area contributed by atoms with E-state index >= 15 is 0 Å². The Morgan fingerprint density at radius 3 is 2.65 bits per heavy atom. The van der Waals surface area contributed by atoms with Crippen LogP contribution >= 0.6 is 0 Å². The van der Waals surface area contributed by atoms with Crippen LogP contribution in [0.5, 0.6) is 11.5 Å². The predicted molar refractivity (Wildman–Crippen MR) is 71.4 cm³/mol. The number of aryl methyl sites for hydroxylation is 1. The summed E-state index contributed by atoms with van der Waals surface area (Å²) in [7, 11) is 3.04. The number of rotatable bonds is 5. The number of methoxy groups -OCH3 is 2. The van der Waals surface area contributed by atoms with E-state index in [1.165, 1.54) is 14.2 Å². The van der Waals surface area contributed by atoms with Gasteiger partial charge in [-0.1, -0.05) is 12.1 Å². The monoisotopic (exact) mass is 277 g/mol. The molecule has 0 amide bonds. The predicted octanol–water partition coefficient (Wildman–Crippen LogP) is 2.62. The Balaban J connectivity index is 2.67. The van der Waals surface area contributed by atoms with Gasteiger partial charge < -0.3 is 19.1 Å². The summed E-state index contributed by atoms with van der Waals surface area (Å²) in [5.74, 6) is 0.336. The summed E-state index contributed by atoms with van der Waals surface area (Å²) in [5.41, 5.74) is 0.817. The molecule has 0 saturated carbocycles. The Morgan fingerprint density at radius 1 is 1.35 bits per heavy atom. The molecular weight excluding hydrogens is 262 g/mol. The van der Waals surface area contributed by atoms with E-state index in [1.54, 1.807) is 25.1 Å². The van der Waals surface area contributed by atoms with Crippen molar-refractivity contribution in [3.05, 3.63) is 29.5 Å². The number of aromatic nitrogens is 1. The first-order valence-electron chi connectivity index (χ1n) is 6.06. The van der Waals surface area contributed by atoms with E-state index in [2.05, 4.69) is 5.16 Å². The highest BCUT2D eigenvalue weighted by molar-refractivity contribution is 5.96. The lowest BCUT2D eigenvalue weighted by molar-refractivity contribution is 0.0695. The van der Waals surface area contributed by atoms with E-state index < -0.39 is 5.97 Å². The molecule has 0 bridgehead atoms. The van der Waals surface area contributed by atoms with Gasteiger partial charge in [-0.15, -0.1) is 0 Å². The molecule has 20 heavy (non-hydrogen) atoms. The van der Waals surface area contributed by atoms with Gasteiger partial charge in [0.05, 0.1) is 19.8 Å². The maximum absolute atomic E-state index is 11.4. The van der Waals surface area contributed by atoms with Gasteiger partial charge in [0.2, 0.25) is 0 Å². The molecule has 0 radical (unpaired) electrons. The third-order valence-corrected chi connectivity index (χ3v) is 2.96. The molecule has 6 nitrogen and oxygen atoms in total. The van der Waals surface area contributed by atoms with Crippen LogP contribution < -0.4 is 9.47 Å². The van der Waals surface area contributed by atoms with E-state index in [-0.39, 0.29) is 11.3 Å². The number of hydrogen-bond donors (Lipinski definition) is 1. The minimum Gasteiger partial charge on any atom is -0.497 e. The molecule has 0 spiro atoms. The summed E-state index contributed by atoms with van der Waals surface area (Å²) in [4.78, 5) is 11.4. The van der Waals surface area contributed by atoms with E-state index in [4.69, 9.17) is 14.0 Å². The Hall–Kier alpha value is -2.50. The van der Waals surface area contributed by atoms with Crippen molar-refractivity contribution in [2.45, 2.75) is 13.3 Å². The number of benzene rings is 1. The zero-order valence-electron chi connectivity index (χ0n) is 11.5. The number of carboxylic acids is 1. The summed E-state index contributed by atoms with van der Waals surface area (Å²) in [5, 5.41) is 13.2. The van der Waals surface area contributed by atoms with Crippen LogP contribution in [0.3, 0.4) is 0 Å². The normalized spacial score (nSPS) is 10.3. The van der Waals surface area contributed by atoms with Crippen LogP contribution in [-0.2, 0) is 6.42 Å². The quantitative estimate of drug-likeness (QED) is 0.904. The highest BCUT2D eigenvalue weighted by Crippen LogP contribution is 2.35. The molecule has 1 aromatic carbocycles. The number of aromatic carboxylic acids is 1. The molecule has 0 atom stereocenters. The third-order valence-electron chi connectivity index (χ3n) is 2.96. The second-order valence-corrected chi connectivity index (χ2v) is 4.05. The Morgan fingerprint density at radius 2 is 2.10 bits per heavy atom. The van der Waals surface area contributed by atoms with Crippen LogP contribution in [0, 0.1) is 0 Å². The van der Waals surface area contributed by atoms with Crippen molar-refractivity contribution >= 4 is 5.97 Å². The molecule has 0 fully saturated rings. The van der Waals surface area contributed by atoms with Gasteiger partial charge in [-0.2, -0.15) is 0 Å². The van der Waals surface area contributed by atoms with E-state index in [1.807, 2.05) is 0 Å². The lowest BCUT2D eigenvalue weighted by atomic mass is 10.0. The average Bonchev–Trinajstić information content (AvgIpc) is 2.90. The minimum absolute atomic E-state index is 0.0547. The molecule has 1 heterocycles. The van der Waals surface area contributed by atoms with Crippen molar-refractivity contribution < 1.29 is 23.9 Å². The molecule has 2 rings (SSSR count). The maximum atomic E-state index is 11.4. The summed E-state index contributed by atoms with van der Waals surface area (Å²) < 4.78 is 15.5. The van der Waals surface area contributed by atoms with Crippen molar-refractivity contribution in [2.75, 3.05) is 14.2 Å². The highest BCUT2D eigenvalue weighted by Gasteiger charge is 2.24. The minimum atomic E-state index is -1.08. The zero-order chi connectivity index (χ0) is 14.7. The SMILES string of the molecule is CCc1onc(-c2cc(OC)ccc2OC)c1C(=O)O. The number of hydrogen-bond acceptors (Lipinski definition) is 5. The largest absolute Gasteiger partial charge is 0.497 e. The van der Waals surface area contributed by atoms with E-state index in [0.717, 1.165) is 0 Å². The van der Waals surface area contributed by atoms with Gasteiger partial charge in [0, 0.05) is 6.42 Å². The first-order valence-corrected chi connectivity index (χ1v) is 6.06. The van der Waals surface area contributed by atoms with E-state index in [0.29, 0.717) is 29.2 Å². The van der Waals surface area contributed by atoms with Gasteiger partial charge in [-0.05, 0) is 18.2 Å². The average molecular weight is 277 g/mol. The molecule has 106 valence electrons. The summed E-state index contributed by atoms with van der Waals surface area (Å²) in [6.45, 7) is 1.81. The lowest BCUT2D eigenvalue weighted by Crippen LogP contribution is -2.01. The molecule has 0 aliphatic rings. The fourth-order valence-corrected chi connectivity index (χ4v) is 1.97. The summed E-state index contributed by atoms with van der Waals surface area (Å²) in [6.07, 6.45) is 0.445. The molecule has 0 saturated heterocycles. The molecule has 1 N–H and O–H groups in total. The van der Waals surface area contributed by atoms with Crippen LogP contribution in [0.1, 0.15) is 23.0 Å². The van der Waals surface area contributed by atoms with Gasteiger partial charge in [0.15, 0.2) is 5.76 Å². The van der Waals surface area contributed by atoms with Gasteiger partial charge in [0.25, 0.3) is 0 Å². The zero-order valence-corrected chi connectivity index (χ0v) is 11.5. The van der Waals surface area contributed by atoms with Crippen molar-refractivity contribution in [3.63, 3.8) is 0 Å². The van der Waals surface area contributed by atoms with Crippen molar-refractivity contribution in [2.24, 2.45) is 0 Å². The summed E-state index contributed by atoms with van der Waals surface area (Å²) >= 11 is 0. The topological polar surface area (TPSA) is 81.8 Å².